The van der Waals surface area contributed by atoms with Gasteiger partial charge in [0.1, 0.15) is 5.69 Å². The van der Waals surface area contributed by atoms with Gasteiger partial charge in [-0.05, 0) is 49.1 Å². The topological polar surface area (TPSA) is 46.3 Å². The molecule has 1 amide bonds. The Morgan fingerprint density at radius 1 is 1.15 bits per heavy atom. The zero-order chi connectivity index (χ0) is 19.0. The van der Waals surface area contributed by atoms with E-state index in [1.807, 2.05) is 51.2 Å². The molecule has 1 aliphatic rings. The first-order chi connectivity index (χ1) is 13.1. The molecule has 0 bridgehead atoms. The van der Waals surface area contributed by atoms with Crippen molar-refractivity contribution < 1.29 is 9.32 Å². The molecule has 1 aliphatic carbocycles. The van der Waals surface area contributed by atoms with E-state index in [0.717, 1.165) is 42.0 Å². The number of benzene rings is 2. The van der Waals surface area contributed by atoms with E-state index < -0.39 is 0 Å². The van der Waals surface area contributed by atoms with Crippen molar-refractivity contribution in [1.82, 2.24) is 5.16 Å². The second-order valence-corrected chi connectivity index (χ2v) is 7.25. The van der Waals surface area contributed by atoms with Crippen LogP contribution in [-0.2, 0) is 17.6 Å². The Hall–Kier alpha value is -2.88. The summed E-state index contributed by atoms with van der Waals surface area (Å²) < 4.78 is 5.73. The quantitative estimate of drug-likeness (QED) is 0.649. The molecule has 0 saturated carbocycles. The van der Waals surface area contributed by atoms with Crippen LogP contribution in [0.2, 0.25) is 0 Å². The number of carbonyl (C=O) groups excluding carboxylic acids is 1. The predicted molar refractivity (Wildman–Crippen MR) is 108 cm³/mol. The van der Waals surface area contributed by atoms with Crippen molar-refractivity contribution in [1.29, 1.82) is 0 Å². The van der Waals surface area contributed by atoms with Crippen LogP contribution in [0.4, 0.5) is 5.69 Å². The second kappa shape index (κ2) is 7.03. The molecule has 1 atom stereocenters. The maximum absolute atomic E-state index is 12.4. The number of hydrogen-bond donors (Lipinski definition) is 0. The minimum atomic E-state index is 0.0241. The highest BCUT2D eigenvalue weighted by Gasteiger charge is 2.24. The fourth-order valence-corrected chi connectivity index (χ4v) is 3.68. The van der Waals surface area contributed by atoms with E-state index in [1.54, 1.807) is 4.90 Å². The first-order valence-corrected chi connectivity index (χ1v) is 9.55. The van der Waals surface area contributed by atoms with E-state index in [2.05, 4.69) is 23.4 Å². The summed E-state index contributed by atoms with van der Waals surface area (Å²) in [6.45, 7) is 4.00. The Kier molecular flexibility index (Phi) is 4.56. The molecule has 0 spiro atoms. The molecule has 1 heterocycles. The van der Waals surface area contributed by atoms with Crippen molar-refractivity contribution in [2.24, 2.45) is 5.92 Å². The first kappa shape index (κ1) is 17.5. The number of hydrogen-bond acceptors (Lipinski definition) is 3. The summed E-state index contributed by atoms with van der Waals surface area (Å²) >= 11 is 0. The lowest BCUT2D eigenvalue weighted by Gasteiger charge is -2.21. The van der Waals surface area contributed by atoms with Gasteiger partial charge in [-0.15, -0.1) is 0 Å². The van der Waals surface area contributed by atoms with Crippen LogP contribution in [0.1, 0.15) is 31.4 Å². The number of aromatic nitrogens is 1. The van der Waals surface area contributed by atoms with Crippen molar-refractivity contribution in [3.8, 4) is 22.6 Å². The highest BCUT2D eigenvalue weighted by atomic mass is 16.5. The maximum Gasteiger partial charge on any atom is 0.229 e. The molecule has 0 unspecified atom stereocenters. The van der Waals surface area contributed by atoms with E-state index in [1.165, 1.54) is 16.7 Å². The van der Waals surface area contributed by atoms with Gasteiger partial charge in [0.25, 0.3) is 0 Å². The van der Waals surface area contributed by atoms with Crippen LogP contribution < -0.4 is 4.90 Å². The number of fused-ring (bicyclic) bond motifs is 3. The molecule has 0 fully saturated rings. The van der Waals surface area contributed by atoms with Gasteiger partial charge in [0, 0.05) is 35.3 Å². The van der Waals surface area contributed by atoms with Gasteiger partial charge in [0.2, 0.25) is 5.91 Å². The summed E-state index contributed by atoms with van der Waals surface area (Å²) in [4.78, 5) is 14.1. The lowest BCUT2D eigenvalue weighted by atomic mass is 9.88. The number of aryl methyl sites for hydroxylation is 1. The summed E-state index contributed by atoms with van der Waals surface area (Å²) in [6, 6.07) is 16.3. The zero-order valence-electron chi connectivity index (χ0n) is 16.0. The highest BCUT2D eigenvalue weighted by molar-refractivity contribution is 5.94. The second-order valence-electron chi connectivity index (χ2n) is 7.25. The molecular formula is C23H24N2O2. The summed E-state index contributed by atoms with van der Waals surface area (Å²) in [7, 11) is 1.83. The molecule has 4 nitrogen and oxygen atoms in total. The standard InChI is InChI=1S/C23H24N2O2/c1-4-15(2)23(26)25(3)18-12-9-17(10-13-18)22-20-14-11-16-7-5-6-8-19(16)21(20)24-27-22/h5-10,12-13,15H,4,11,14H2,1-3H3/t15-/m0/s1. The third kappa shape index (κ3) is 3.05. The molecule has 27 heavy (non-hydrogen) atoms. The van der Waals surface area contributed by atoms with E-state index in [-0.39, 0.29) is 11.8 Å². The van der Waals surface area contributed by atoms with E-state index in [0.29, 0.717) is 0 Å². The van der Waals surface area contributed by atoms with E-state index >= 15 is 0 Å². The number of carbonyl (C=O) groups is 1. The minimum absolute atomic E-state index is 0.0241. The number of rotatable bonds is 4. The normalized spacial score (nSPS) is 13.6. The molecule has 0 aliphatic heterocycles. The molecule has 0 radical (unpaired) electrons. The Labute approximate surface area is 159 Å². The highest BCUT2D eigenvalue weighted by Crippen LogP contribution is 2.38. The van der Waals surface area contributed by atoms with Crippen LogP contribution in [0.3, 0.4) is 0 Å². The Morgan fingerprint density at radius 2 is 1.89 bits per heavy atom. The smallest absolute Gasteiger partial charge is 0.229 e. The average molecular weight is 360 g/mol. The Morgan fingerprint density at radius 3 is 2.63 bits per heavy atom. The van der Waals surface area contributed by atoms with Crippen LogP contribution >= 0.6 is 0 Å². The van der Waals surface area contributed by atoms with Gasteiger partial charge < -0.3 is 9.42 Å². The largest absolute Gasteiger partial charge is 0.355 e. The van der Waals surface area contributed by atoms with Gasteiger partial charge in [-0.2, -0.15) is 0 Å². The van der Waals surface area contributed by atoms with Gasteiger partial charge in [-0.25, -0.2) is 0 Å². The van der Waals surface area contributed by atoms with Gasteiger partial charge in [0.15, 0.2) is 5.76 Å². The summed E-state index contributed by atoms with van der Waals surface area (Å²) in [6.07, 6.45) is 2.77. The average Bonchev–Trinajstić information content (AvgIpc) is 3.17. The Bertz CT molecular complexity index is 972. The van der Waals surface area contributed by atoms with Crippen molar-refractivity contribution in [2.45, 2.75) is 33.1 Å². The van der Waals surface area contributed by atoms with Gasteiger partial charge in [-0.1, -0.05) is 43.3 Å². The summed E-state index contributed by atoms with van der Waals surface area (Å²) in [5.41, 5.74) is 6.51. The lowest BCUT2D eigenvalue weighted by molar-refractivity contribution is -0.121. The molecular weight excluding hydrogens is 336 g/mol. The monoisotopic (exact) mass is 360 g/mol. The maximum atomic E-state index is 12.4. The van der Waals surface area contributed by atoms with Gasteiger partial charge >= 0.3 is 0 Å². The van der Waals surface area contributed by atoms with Crippen molar-refractivity contribution in [2.75, 3.05) is 11.9 Å². The molecule has 138 valence electrons. The van der Waals surface area contributed by atoms with Crippen molar-refractivity contribution >= 4 is 11.6 Å². The van der Waals surface area contributed by atoms with Crippen molar-refractivity contribution in [3.63, 3.8) is 0 Å². The lowest BCUT2D eigenvalue weighted by Crippen LogP contribution is -2.31. The fraction of sp³-hybridized carbons (Fsp3) is 0.304. The number of anilines is 1. The fourth-order valence-electron chi connectivity index (χ4n) is 3.68. The van der Waals surface area contributed by atoms with Gasteiger partial charge in [0.05, 0.1) is 0 Å². The van der Waals surface area contributed by atoms with Gasteiger partial charge in [-0.3, -0.25) is 4.79 Å². The molecule has 3 aromatic rings. The molecule has 4 rings (SSSR count). The number of amides is 1. The number of nitrogens with zero attached hydrogens (tertiary/aromatic N) is 2. The summed E-state index contributed by atoms with van der Waals surface area (Å²) in [5.74, 6) is 0.997. The molecule has 0 N–H and O–H groups in total. The van der Waals surface area contributed by atoms with Crippen LogP contribution in [0.25, 0.3) is 22.6 Å². The molecule has 1 aromatic heterocycles. The van der Waals surface area contributed by atoms with Crippen molar-refractivity contribution in [3.05, 3.63) is 59.7 Å². The van der Waals surface area contributed by atoms with Crippen LogP contribution in [-0.4, -0.2) is 18.1 Å². The predicted octanol–water partition coefficient (Wildman–Crippen LogP) is 5.12. The summed E-state index contributed by atoms with van der Waals surface area (Å²) in [5, 5.41) is 4.35. The minimum Gasteiger partial charge on any atom is -0.355 e. The van der Waals surface area contributed by atoms with E-state index in [9.17, 15) is 4.79 Å². The van der Waals surface area contributed by atoms with Crippen LogP contribution in [0, 0.1) is 5.92 Å². The third-order valence-electron chi connectivity index (χ3n) is 5.59. The van der Waals surface area contributed by atoms with E-state index in [4.69, 9.17) is 4.52 Å². The third-order valence-corrected chi connectivity index (χ3v) is 5.59. The Balaban J connectivity index is 1.63. The molecule has 4 heteroatoms. The van der Waals surface area contributed by atoms with Crippen LogP contribution in [0.5, 0.6) is 0 Å². The SMILES string of the molecule is CC[C@H](C)C(=O)N(C)c1ccc(-c2onc3c2CCc2ccccc2-3)cc1. The van der Waals surface area contributed by atoms with Crippen LogP contribution in [0.15, 0.2) is 53.1 Å². The first-order valence-electron chi connectivity index (χ1n) is 9.55. The zero-order valence-corrected chi connectivity index (χ0v) is 16.0. The molecule has 0 saturated heterocycles. The molecule has 2 aromatic carbocycles.